The number of rotatable bonds is 7. The van der Waals surface area contributed by atoms with Crippen molar-refractivity contribution in [3.63, 3.8) is 0 Å². The van der Waals surface area contributed by atoms with Gasteiger partial charge in [0.2, 0.25) is 0 Å². The van der Waals surface area contributed by atoms with Gasteiger partial charge in [-0.3, -0.25) is 4.98 Å². The molecule has 0 unspecified atom stereocenters. The van der Waals surface area contributed by atoms with E-state index in [1.807, 2.05) is 0 Å². The lowest BCUT2D eigenvalue weighted by Gasteiger charge is -2.13. The SMILES string of the molecule is COc1cc2nccc(Nc3ccc(CS(=O)(=O)C4CC4)c(F)c3)c2cc1OC. The largest absolute Gasteiger partial charge is 0.493 e. The summed E-state index contributed by atoms with van der Waals surface area (Å²) >= 11 is 0. The van der Waals surface area contributed by atoms with Gasteiger partial charge in [-0.1, -0.05) is 6.07 Å². The van der Waals surface area contributed by atoms with Crippen LogP contribution in [0.15, 0.2) is 42.6 Å². The molecule has 1 saturated carbocycles. The van der Waals surface area contributed by atoms with E-state index in [4.69, 9.17) is 9.47 Å². The summed E-state index contributed by atoms with van der Waals surface area (Å²) < 4.78 is 49.5. The Morgan fingerprint density at radius 3 is 2.48 bits per heavy atom. The first-order valence-electron chi connectivity index (χ1n) is 9.19. The summed E-state index contributed by atoms with van der Waals surface area (Å²) in [5.74, 6) is 0.315. The summed E-state index contributed by atoms with van der Waals surface area (Å²) in [6.07, 6.45) is 2.99. The van der Waals surface area contributed by atoms with E-state index < -0.39 is 15.7 Å². The number of methoxy groups -OCH3 is 2. The number of pyridine rings is 1. The van der Waals surface area contributed by atoms with Crippen LogP contribution in [0.1, 0.15) is 18.4 Å². The molecule has 1 fully saturated rings. The third-order valence-electron chi connectivity index (χ3n) is 4.97. The quantitative estimate of drug-likeness (QED) is 0.622. The highest BCUT2D eigenvalue weighted by Crippen LogP contribution is 2.36. The van der Waals surface area contributed by atoms with Crippen molar-refractivity contribution < 1.29 is 22.3 Å². The number of nitrogens with one attached hydrogen (secondary N) is 1. The van der Waals surface area contributed by atoms with Gasteiger partial charge in [0.15, 0.2) is 21.3 Å². The van der Waals surface area contributed by atoms with Crippen molar-refractivity contribution in [3.05, 3.63) is 54.0 Å². The summed E-state index contributed by atoms with van der Waals surface area (Å²) in [6, 6.07) is 9.85. The molecule has 0 bridgehead atoms. The summed E-state index contributed by atoms with van der Waals surface area (Å²) in [7, 11) is -0.164. The molecule has 29 heavy (non-hydrogen) atoms. The zero-order chi connectivity index (χ0) is 20.6. The molecule has 0 saturated heterocycles. The van der Waals surface area contributed by atoms with E-state index >= 15 is 0 Å². The minimum Gasteiger partial charge on any atom is -0.493 e. The van der Waals surface area contributed by atoms with E-state index in [1.165, 1.54) is 12.1 Å². The van der Waals surface area contributed by atoms with Crippen molar-refractivity contribution in [1.82, 2.24) is 4.98 Å². The molecule has 3 aromatic rings. The van der Waals surface area contributed by atoms with Crippen LogP contribution in [-0.4, -0.2) is 32.9 Å². The predicted molar refractivity (Wildman–Crippen MR) is 110 cm³/mol. The Balaban J connectivity index is 1.63. The topological polar surface area (TPSA) is 77.5 Å². The highest BCUT2D eigenvalue weighted by molar-refractivity contribution is 7.91. The van der Waals surface area contributed by atoms with Crippen LogP contribution in [0.25, 0.3) is 10.9 Å². The number of fused-ring (bicyclic) bond motifs is 1. The number of anilines is 2. The highest BCUT2D eigenvalue weighted by Gasteiger charge is 2.35. The zero-order valence-corrected chi connectivity index (χ0v) is 16.9. The zero-order valence-electron chi connectivity index (χ0n) is 16.1. The highest BCUT2D eigenvalue weighted by atomic mass is 32.2. The number of hydrogen-bond donors (Lipinski definition) is 1. The molecule has 152 valence electrons. The maximum atomic E-state index is 14.5. The fourth-order valence-electron chi connectivity index (χ4n) is 3.24. The smallest absolute Gasteiger partial charge is 0.162 e. The number of halogens is 1. The molecular weight excluding hydrogens is 395 g/mol. The number of benzene rings is 2. The van der Waals surface area contributed by atoms with Gasteiger partial charge in [-0.2, -0.15) is 0 Å². The lowest BCUT2D eigenvalue weighted by atomic mass is 10.1. The molecule has 1 N–H and O–H groups in total. The number of nitrogens with zero attached hydrogens (tertiary/aromatic N) is 1. The van der Waals surface area contributed by atoms with Gasteiger partial charge in [0.05, 0.1) is 30.7 Å². The van der Waals surface area contributed by atoms with Crippen LogP contribution in [0.2, 0.25) is 0 Å². The molecule has 0 spiro atoms. The molecule has 1 aliphatic rings. The molecule has 0 atom stereocenters. The molecule has 1 heterocycles. The van der Waals surface area contributed by atoms with Crippen molar-refractivity contribution in [3.8, 4) is 11.5 Å². The lowest BCUT2D eigenvalue weighted by Crippen LogP contribution is -2.11. The van der Waals surface area contributed by atoms with Gasteiger partial charge in [0, 0.05) is 34.6 Å². The molecule has 1 aliphatic carbocycles. The standard InChI is InChI=1S/C21H21FN2O4S/c1-27-20-10-16-18(7-8-23-19(16)11-21(20)28-2)24-14-4-3-13(17(22)9-14)12-29(25,26)15-5-6-15/h3-4,7-11,15H,5-6,12H2,1-2H3,(H,23,24). The first-order valence-corrected chi connectivity index (χ1v) is 10.9. The van der Waals surface area contributed by atoms with E-state index in [9.17, 15) is 12.8 Å². The molecule has 0 radical (unpaired) electrons. The van der Waals surface area contributed by atoms with Gasteiger partial charge in [0.25, 0.3) is 0 Å². The molecule has 4 rings (SSSR count). The van der Waals surface area contributed by atoms with Gasteiger partial charge in [0.1, 0.15) is 5.82 Å². The molecule has 0 amide bonds. The van der Waals surface area contributed by atoms with Gasteiger partial charge in [-0.15, -0.1) is 0 Å². The molecule has 0 aliphatic heterocycles. The van der Waals surface area contributed by atoms with E-state index in [1.54, 1.807) is 44.7 Å². The lowest BCUT2D eigenvalue weighted by molar-refractivity contribution is 0.356. The van der Waals surface area contributed by atoms with Crippen LogP contribution in [0, 0.1) is 5.82 Å². The van der Waals surface area contributed by atoms with Gasteiger partial charge < -0.3 is 14.8 Å². The van der Waals surface area contributed by atoms with Crippen LogP contribution in [-0.2, 0) is 15.6 Å². The Bertz CT molecular complexity index is 1180. The third kappa shape index (κ3) is 3.98. The fraction of sp³-hybridized carbons (Fsp3) is 0.286. The second-order valence-corrected chi connectivity index (χ2v) is 9.30. The Kier molecular flexibility index (Phi) is 5.04. The van der Waals surface area contributed by atoms with Crippen LogP contribution < -0.4 is 14.8 Å². The number of aromatic nitrogens is 1. The van der Waals surface area contributed by atoms with Crippen molar-refractivity contribution in [2.75, 3.05) is 19.5 Å². The molecular formula is C21H21FN2O4S. The molecule has 1 aromatic heterocycles. The van der Waals surface area contributed by atoms with E-state index in [-0.39, 0.29) is 16.6 Å². The van der Waals surface area contributed by atoms with Crippen LogP contribution in [0.4, 0.5) is 15.8 Å². The Hall–Kier alpha value is -2.87. The van der Waals surface area contributed by atoms with Gasteiger partial charge >= 0.3 is 0 Å². The van der Waals surface area contributed by atoms with Gasteiger partial charge in [-0.05, 0) is 37.1 Å². The van der Waals surface area contributed by atoms with Crippen molar-refractivity contribution >= 4 is 32.1 Å². The summed E-state index contributed by atoms with van der Waals surface area (Å²) in [4.78, 5) is 4.35. The Morgan fingerprint density at radius 1 is 1.10 bits per heavy atom. The summed E-state index contributed by atoms with van der Waals surface area (Å²) in [5, 5.41) is 3.65. The summed E-state index contributed by atoms with van der Waals surface area (Å²) in [5.41, 5.74) is 2.11. The van der Waals surface area contributed by atoms with E-state index in [0.29, 0.717) is 41.2 Å². The van der Waals surface area contributed by atoms with Gasteiger partial charge in [-0.25, -0.2) is 12.8 Å². The average molecular weight is 416 g/mol. The predicted octanol–water partition coefficient (Wildman–Crippen LogP) is 4.21. The fourth-order valence-corrected chi connectivity index (χ4v) is 5.00. The third-order valence-corrected chi connectivity index (χ3v) is 7.17. The molecule has 6 nitrogen and oxygen atoms in total. The Labute approximate surface area is 168 Å². The van der Waals surface area contributed by atoms with E-state index in [0.717, 1.165) is 5.39 Å². The summed E-state index contributed by atoms with van der Waals surface area (Å²) in [6.45, 7) is 0. The second-order valence-electron chi connectivity index (χ2n) is 7.02. The Morgan fingerprint density at radius 2 is 1.83 bits per heavy atom. The maximum Gasteiger partial charge on any atom is 0.162 e. The number of hydrogen-bond acceptors (Lipinski definition) is 6. The van der Waals surface area contributed by atoms with Crippen LogP contribution >= 0.6 is 0 Å². The van der Waals surface area contributed by atoms with Crippen molar-refractivity contribution in [1.29, 1.82) is 0 Å². The monoisotopic (exact) mass is 416 g/mol. The normalized spacial score (nSPS) is 14.0. The average Bonchev–Trinajstić information content (AvgIpc) is 3.55. The van der Waals surface area contributed by atoms with Crippen molar-refractivity contribution in [2.45, 2.75) is 23.8 Å². The molecule has 8 heteroatoms. The number of sulfone groups is 1. The molecule has 2 aromatic carbocycles. The van der Waals surface area contributed by atoms with Crippen molar-refractivity contribution in [2.24, 2.45) is 0 Å². The maximum absolute atomic E-state index is 14.5. The van der Waals surface area contributed by atoms with Crippen LogP contribution in [0.5, 0.6) is 11.5 Å². The first-order chi connectivity index (χ1) is 13.9. The minimum absolute atomic E-state index is 0.188. The number of ether oxygens (including phenoxy) is 2. The van der Waals surface area contributed by atoms with E-state index in [2.05, 4.69) is 10.3 Å². The second kappa shape index (κ2) is 7.51. The first kappa shape index (κ1) is 19.4. The van der Waals surface area contributed by atoms with Crippen LogP contribution in [0.3, 0.4) is 0 Å². The minimum atomic E-state index is -3.27.